The highest BCUT2D eigenvalue weighted by molar-refractivity contribution is 5.85. The molecule has 0 aliphatic carbocycles. The van der Waals surface area contributed by atoms with Gasteiger partial charge in [0.25, 0.3) is 0 Å². The molecule has 0 heterocycles. The van der Waals surface area contributed by atoms with Gasteiger partial charge in [-0.3, -0.25) is 5.32 Å². The second-order valence-electron chi connectivity index (χ2n) is 7.42. The van der Waals surface area contributed by atoms with Crippen LogP contribution in [0.5, 0.6) is 0 Å². The van der Waals surface area contributed by atoms with Gasteiger partial charge in [-0.05, 0) is 72.2 Å². The lowest BCUT2D eigenvalue weighted by Crippen LogP contribution is -2.31. The van der Waals surface area contributed by atoms with Gasteiger partial charge in [-0.2, -0.15) is 0 Å². The van der Waals surface area contributed by atoms with Crippen LogP contribution in [-0.2, 0) is 9.47 Å². The Balaban J connectivity index is 2.55. The third kappa shape index (κ3) is 7.88. The Kier molecular flexibility index (Phi) is 6.45. The fraction of sp³-hybridized carbons (Fsp3) is 0.611. The van der Waals surface area contributed by atoms with Crippen LogP contribution in [0.3, 0.4) is 0 Å². The van der Waals surface area contributed by atoms with E-state index < -0.39 is 11.7 Å². The van der Waals surface area contributed by atoms with Gasteiger partial charge in [0.05, 0.1) is 5.60 Å². The molecule has 0 spiro atoms. The number of hydrogen-bond acceptors (Lipinski definition) is 4. The summed E-state index contributed by atoms with van der Waals surface area (Å²) in [5.74, 6) is 0. The van der Waals surface area contributed by atoms with Crippen LogP contribution in [-0.4, -0.2) is 30.4 Å². The van der Waals surface area contributed by atoms with Crippen LogP contribution in [0.2, 0.25) is 0 Å². The van der Waals surface area contributed by atoms with Crippen molar-refractivity contribution in [2.24, 2.45) is 0 Å². The molecule has 0 saturated heterocycles. The summed E-state index contributed by atoms with van der Waals surface area (Å²) in [6.45, 7) is 11.8. The summed E-state index contributed by atoms with van der Waals surface area (Å²) in [5.41, 5.74) is 1.04. The molecule has 0 saturated carbocycles. The van der Waals surface area contributed by atoms with E-state index in [9.17, 15) is 4.79 Å². The summed E-state index contributed by atoms with van der Waals surface area (Å²) < 4.78 is 10.7. The molecule has 0 aromatic heterocycles. The highest BCUT2D eigenvalue weighted by Gasteiger charge is 2.20. The SMILES string of the molecule is COC(C)(C)CC(C)Nc1ccc(NC(=O)OC(C)(C)C)cc1. The van der Waals surface area contributed by atoms with Crippen molar-refractivity contribution in [3.8, 4) is 0 Å². The van der Waals surface area contributed by atoms with Crippen LogP contribution in [0.4, 0.5) is 16.2 Å². The number of hydrogen-bond donors (Lipinski definition) is 2. The largest absolute Gasteiger partial charge is 0.444 e. The van der Waals surface area contributed by atoms with Crippen molar-refractivity contribution in [1.82, 2.24) is 0 Å². The number of nitrogens with one attached hydrogen (secondary N) is 2. The van der Waals surface area contributed by atoms with E-state index in [-0.39, 0.29) is 11.6 Å². The van der Waals surface area contributed by atoms with Crippen molar-refractivity contribution in [2.45, 2.75) is 65.2 Å². The van der Waals surface area contributed by atoms with Crippen LogP contribution in [0.1, 0.15) is 48.0 Å². The van der Waals surface area contributed by atoms with Crippen LogP contribution in [0.25, 0.3) is 0 Å². The summed E-state index contributed by atoms with van der Waals surface area (Å²) in [7, 11) is 1.73. The van der Waals surface area contributed by atoms with Crippen molar-refractivity contribution in [1.29, 1.82) is 0 Å². The fourth-order valence-corrected chi connectivity index (χ4v) is 2.23. The summed E-state index contributed by atoms with van der Waals surface area (Å²) in [5, 5.41) is 6.14. The molecule has 0 aliphatic heterocycles. The van der Waals surface area contributed by atoms with Crippen LogP contribution < -0.4 is 10.6 Å². The monoisotopic (exact) mass is 322 g/mol. The molecule has 5 heteroatoms. The van der Waals surface area contributed by atoms with Gasteiger partial charge in [-0.15, -0.1) is 0 Å². The molecule has 1 aromatic rings. The fourth-order valence-electron chi connectivity index (χ4n) is 2.23. The van der Waals surface area contributed by atoms with Gasteiger partial charge >= 0.3 is 6.09 Å². The maximum atomic E-state index is 11.7. The smallest absolute Gasteiger partial charge is 0.412 e. The molecule has 1 amide bonds. The number of methoxy groups -OCH3 is 1. The average molecular weight is 322 g/mol. The van der Waals surface area contributed by atoms with E-state index in [1.165, 1.54) is 0 Å². The molecule has 1 aromatic carbocycles. The third-order valence-corrected chi connectivity index (χ3v) is 3.29. The summed E-state index contributed by atoms with van der Waals surface area (Å²) in [6.07, 6.45) is 0.440. The normalized spacial score (nSPS) is 13.3. The van der Waals surface area contributed by atoms with Crippen molar-refractivity contribution in [3.63, 3.8) is 0 Å². The van der Waals surface area contributed by atoms with Crippen molar-refractivity contribution in [2.75, 3.05) is 17.7 Å². The molecule has 1 atom stereocenters. The number of anilines is 2. The first-order valence-electron chi connectivity index (χ1n) is 7.92. The van der Waals surface area contributed by atoms with Gasteiger partial charge < -0.3 is 14.8 Å². The van der Waals surface area contributed by atoms with Gasteiger partial charge in [-0.25, -0.2) is 4.79 Å². The van der Waals surface area contributed by atoms with E-state index in [4.69, 9.17) is 9.47 Å². The predicted octanol–water partition coefficient (Wildman–Crippen LogP) is 4.65. The number of carbonyl (C=O) groups excluding carboxylic acids is 1. The Labute approximate surface area is 139 Å². The first-order valence-corrected chi connectivity index (χ1v) is 7.92. The highest BCUT2D eigenvalue weighted by Crippen LogP contribution is 2.20. The molecule has 1 rings (SSSR count). The third-order valence-electron chi connectivity index (χ3n) is 3.29. The van der Waals surface area contributed by atoms with Gasteiger partial charge in [0.1, 0.15) is 5.60 Å². The minimum Gasteiger partial charge on any atom is -0.444 e. The minimum absolute atomic E-state index is 0.162. The number of benzene rings is 1. The molecule has 0 radical (unpaired) electrons. The average Bonchev–Trinajstić information content (AvgIpc) is 2.38. The van der Waals surface area contributed by atoms with Crippen LogP contribution >= 0.6 is 0 Å². The van der Waals surface area contributed by atoms with Gasteiger partial charge in [0, 0.05) is 24.5 Å². The molecule has 1 unspecified atom stereocenters. The number of amides is 1. The van der Waals surface area contributed by atoms with E-state index in [2.05, 4.69) is 31.4 Å². The highest BCUT2D eigenvalue weighted by atomic mass is 16.6. The maximum absolute atomic E-state index is 11.7. The number of rotatable bonds is 6. The topological polar surface area (TPSA) is 59.6 Å². The molecule has 0 aliphatic rings. The minimum atomic E-state index is -0.505. The number of carbonyl (C=O) groups is 1. The lowest BCUT2D eigenvalue weighted by atomic mass is 10.00. The molecular formula is C18H30N2O3. The molecule has 0 bridgehead atoms. The van der Waals surface area contributed by atoms with Gasteiger partial charge in [-0.1, -0.05) is 0 Å². The Morgan fingerprint density at radius 3 is 2.09 bits per heavy atom. The second-order valence-corrected chi connectivity index (χ2v) is 7.42. The molecule has 0 fully saturated rings. The van der Waals surface area contributed by atoms with Crippen molar-refractivity contribution < 1.29 is 14.3 Å². The van der Waals surface area contributed by atoms with E-state index >= 15 is 0 Å². The zero-order valence-electron chi connectivity index (χ0n) is 15.3. The lowest BCUT2D eigenvalue weighted by molar-refractivity contribution is 0.0128. The molecule has 23 heavy (non-hydrogen) atoms. The summed E-state index contributed by atoms with van der Waals surface area (Å²) in [4.78, 5) is 11.7. The summed E-state index contributed by atoms with van der Waals surface area (Å²) >= 11 is 0. The Bertz CT molecular complexity index is 504. The van der Waals surface area contributed by atoms with Crippen LogP contribution in [0.15, 0.2) is 24.3 Å². The predicted molar refractivity (Wildman–Crippen MR) is 95.1 cm³/mol. The van der Waals surface area contributed by atoms with E-state index in [0.29, 0.717) is 5.69 Å². The van der Waals surface area contributed by atoms with Crippen molar-refractivity contribution >= 4 is 17.5 Å². The Hall–Kier alpha value is -1.75. The molecule has 2 N–H and O–H groups in total. The van der Waals surface area contributed by atoms with E-state index in [1.54, 1.807) is 7.11 Å². The first kappa shape index (κ1) is 19.3. The van der Waals surface area contributed by atoms with E-state index in [0.717, 1.165) is 12.1 Å². The van der Waals surface area contributed by atoms with Crippen molar-refractivity contribution in [3.05, 3.63) is 24.3 Å². The molecular weight excluding hydrogens is 292 g/mol. The Morgan fingerprint density at radius 2 is 1.61 bits per heavy atom. The first-order chi connectivity index (χ1) is 10.5. The zero-order valence-corrected chi connectivity index (χ0v) is 15.3. The summed E-state index contributed by atoms with van der Waals surface area (Å²) in [6, 6.07) is 7.84. The zero-order chi connectivity index (χ0) is 17.7. The Morgan fingerprint density at radius 1 is 1.09 bits per heavy atom. The van der Waals surface area contributed by atoms with Crippen LogP contribution in [0, 0.1) is 0 Å². The molecule has 5 nitrogen and oxygen atoms in total. The second kappa shape index (κ2) is 7.68. The van der Waals surface area contributed by atoms with Gasteiger partial charge in [0.15, 0.2) is 0 Å². The standard InChI is InChI=1S/C18H30N2O3/c1-13(12-18(5,6)22-7)19-14-8-10-15(11-9-14)20-16(21)23-17(2,3)4/h8-11,13,19H,12H2,1-7H3,(H,20,21). The molecule has 130 valence electrons. The number of ether oxygens (including phenoxy) is 2. The van der Waals surface area contributed by atoms with E-state index in [1.807, 2.05) is 45.0 Å². The lowest BCUT2D eigenvalue weighted by Gasteiger charge is -2.27. The van der Waals surface area contributed by atoms with Gasteiger partial charge in [0.2, 0.25) is 0 Å². The quantitative estimate of drug-likeness (QED) is 0.800. The maximum Gasteiger partial charge on any atom is 0.412 e.